The number of hydrogen-bond donors (Lipinski definition) is 2. The van der Waals surface area contributed by atoms with Gasteiger partial charge in [0.1, 0.15) is 5.76 Å². The van der Waals surface area contributed by atoms with Crippen LogP contribution in [0.15, 0.2) is 16.5 Å². The molecule has 0 aliphatic rings. The molecule has 1 heterocycles. The van der Waals surface area contributed by atoms with Gasteiger partial charge in [-0.2, -0.15) is 0 Å². The Morgan fingerprint density at radius 2 is 2.38 bits per heavy atom. The Morgan fingerprint density at radius 1 is 1.62 bits per heavy atom. The lowest BCUT2D eigenvalue weighted by molar-refractivity contribution is 0.0915. The third kappa shape index (κ3) is 2.59. The summed E-state index contributed by atoms with van der Waals surface area (Å²) in [7, 11) is 0. The fourth-order valence-corrected chi connectivity index (χ4v) is 0.947. The van der Waals surface area contributed by atoms with Gasteiger partial charge in [0.15, 0.2) is 5.76 Å². The Morgan fingerprint density at radius 3 is 2.92 bits per heavy atom. The maximum atomic E-state index is 11.2. The number of aryl methyl sites for hydroxylation is 1. The molecule has 1 aromatic rings. The summed E-state index contributed by atoms with van der Waals surface area (Å²) < 4.78 is 5.20. The highest BCUT2D eigenvalue weighted by Gasteiger charge is 2.08. The second-order valence-electron chi connectivity index (χ2n) is 2.60. The topological polar surface area (TPSA) is 62.5 Å². The fraction of sp³-hybridized carbons (Fsp3) is 0.444. The molecule has 0 saturated heterocycles. The summed E-state index contributed by atoms with van der Waals surface area (Å²) in [6.45, 7) is 2.14. The molecule has 0 aliphatic carbocycles. The van der Waals surface area contributed by atoms with E-state index >= 15 is 0 Å². The van der Waals surface area contributed by atoms with Gasteiger partial charge in [-0.1, -0.05) is 6.92 Å². The summed E-state index contributed by atoms with van der Waals surface area (Å²) in [5.74, 6) is 0.799. The quantitative estimate of drug-likeness (QED) is 0.717. The predicted molar refractivity (Wildman–Crippen MR) is 47.5 cm³/mol. The number of carbonyl (C=O) groups is 1. The maximum Gasteiger partial charge on any atom is 0.287 e. The molecule has 0 radical (unpaired) electrons. The van der Waals surface area contributed by atoms with Gasteiger partial charge in [0.2, 0.25) is 0 Å². The molecule has 72 valence electrons. The van der Waals surface area contributed by atoms with E-state index in [2.05, 4.69) is 5.32 Å². The van der Waals surface area contributed by atoms with Gasteiger partial charge in [0, 0.05) is 13.0 Å². The van der Waals surface area contributed by atoms with Gasteiger partial charge in [-0.3, -0.25) is 4.79 Å². The normalized spacial score (nSPS) is 10.0. The van der Waals surface area contributed by atoms with Crippen molar-refractivity contribution in [3.8, 4) is 0 Å². The SMILES string of the molecule is CCc1ccc(C(=O)NCCO)o1. The fourth-order valence-electron chi connectivity index (χ4n) is 0.947. The number of aliphatic hydroxyl groups is 1. The number of rotatable bonds is 4. The van der Waals surface area contributed by atoms with Gasteiger partial charge in [-0.25, -0.2) is 0 Å². The Hall–Kier alpha value is -1.29. The van der Waals surface area contributed by atoms with Crippen LogP contribution < -0.4 is 5.32 Å². The summed E-state index contributed by atoms with van der Waals surface area (Å²) in [5.41, 5.74) is 0. The van der Waals surface area contributed by atoms with Crippen molar-refractivity contribution in [2.45, 2.75) is 13.3 Å². The van der Waals surface area contributed by atoms with E-state index in [0.29, 0.717) is 5.76 Å². The van der Waals surface area contributed by atoms with E-state index in [1.54, 1.807) is 12.1 Å². The molecule has 0 unspecified atom stereocenters. The number of hydrogen-bond acceptors (Lipinski definition) is 3. The van der Waals surface area contributed by atoms with Crippen LogP contribution >= 0.6 is 0 Å². The zero-order chi connectivity index (χ0) is 9.68. The zero-order valence-corrected chi connectivity index (χ0v) is 7.54. The van der Waals surface area contributed by atoms with Crippen LogP contribution in [-0.4, -0.2) is 24.2 Å². The van der Waals surface area contributed by atoms with Gasteiger partial charge in [0.25, 0.3) is 5.91 Å². The summed E-state index contributed by atoms with van der Waals surface area (Å²) in [6.07, 6.45) is 0.771. The molecule has 1 amide bonds. The van der Waals surface area contributed by atoms with Crippen molar-refractivity contribution in [3.05, 3.63) is 23.7 Å². The van der Waals surface area contributed by atoms with Crippen LogP contribution in [0.2, 0.25) is 0 Å². The Kier molecular flexibility index (Phi) is 3.52. The molecule has 0 bridgehead atoms. The Balaban J connectivity index is 2.55. The predicted octanol–water partition coefficient (Wildman–Crippen LogP) is 0.564. The lowest BCUT2D eigenvalue weighted by Crippen LogP contribution is -2.25. The van der Waals surface area contributed by atoms with E-state index in [4.69, 9.17) is 9.52 Å². The smallest absolute Gasteiger partial charge is 0.287 e. The Labute approximate surface area is 76.6 Å². The average Bonchev–Trinajstić information content (AvgIpc) is 2.62. The molecule has 0 aliphatic heterocycles. The highest BCUT2D eigenvalue weighted by atomic mass is 16.3. The first-order valence-corrected chi connectivity index (χ1v) is 4.25. The van der Waals surface area contributed by atoms with Crippen molar-refractivity contribution < 1.29 is 14.3 Å². The van der Waals surface area contributed by atoms with E-state index in [9.17, 15) is 4.79 Å². The van der Waals surface area contributed by atoms with Gasteiger partial charge in [-0.05, 0) is 12.1 Å². The molecule has 0 saturated carbocycles. The lowest BCUT2D eigenvalue weighted by Gasteiger charge is -1.98. The minimum absolute atomic E-state index is 0.0624. The van der Waals surface area contributed by atoms with E-state index in [1.807, 2.05) is 6.92 Å². The van der Waals surface area contributed by atoms with E-state index < -0.39 is 0 Å². The first-order chi connectivity index (χ1) is 6.27. The highest BCUT2D eigenvalue weighted by Crippen LogP contribution is 2.07. The van der Waals surface area contributed by atoms with Crippen molar-refractivity contribution in [3.63, 3.8) is 0 Å². The van der Waals surface area contributed by atoms with Crippen LogP contribution in [-0.2, 0) is 6.42 Å². The van der Waals surface area contributed by atoms with Crippen molar-refractivity contribution in [1.82, 2.24) is 5.32 Å². The second-order valence-corrected chi connectivity index (χ2v) is 2.60. The van der Waals surface area contributed by atoms with Crippen molar-refractivity contribution in [1.29, 1.82) is 0 Å². The van der Waals surface area contributed by atoms with Crippen LogP contribution in [0.1, 0.15) is 23.2 Å². The first kappa shape index (κ1) is 9.80. The Bertz CT molecular complexity index is 280. The lowest BCUT2D eigenvalue weighted by atomic mass is 10.3. The summed E-state index contributed by atoms with van der Waals surface area (Å²) in [6, 6.07) is 3.40. The minimum Gasteiger partial charge on any atom is -0.456 e. The van der Waals surface area contributed by atoms with Gasteiger partial charge >= 0.3 is 0 Å². The van der Waals surface area contributed by atoms with Crippen LogP contribution in [0.5, 0.6) is 0 Å². The van der Waals surface area contributed by atoms with Crippen LogP contribution in [0.25, 0.3) is 0 Å². The summed E-state index contributed by atoms with van der Waals surface area (Å²) in [5, 5.41) is 11.0. The monoisotopic (exact) mass is 183 g/mol. The number of aliphatic hydroxyl groups excluding tert-OH is 1. The highest BCUT2D eigenvalue weighted by molar-refractivity contribution is 5.91. The molecule has 0 atom stereocenters. The van der Waals surface area contributed by atoms with Crippen LogP contribution in [0.4, 0.5) is 0 Å². The standard InChI is InChI=1S/C9H13NO3/c1-2-7-3-4-8(13-7)9(12)10-5-6-11/h3-4,11H,2,5-6H2,1H3,(H,10,12). The van der Waals surface area contributed by atoms with Gasteiger partial charge in [-0.15, -0.1) is 0 Å². The number of furan rings is 1. The molecular formula is C9H13NO3. The second kappa shape index (κ2) is 4.67. The van der Waals surface area contributed by atoms with Crippen LogP contribution in [0, 0.1) is 0 Å². The maximum absolute atomic E-state index is 11.2. The third-order valence-electron chi connectivity index (χ3n) is 1.63. The van der Waals surface area contributed by atoms with Crippen LogP contribution in [0.3, 0.4) is 0 Å². The zero-order valence-electron chi connectivity index (χ0n) is 7.54. The largest absolute Gasteiger partial charge is 0.456 e. The molecule has 4 nitrogen and oxygen atoms in total. The van der Waals surface area contributed by atoms with E-state index in [1.165, 1.54) is 0 Å². The number of nitrogens with one attached hydrogen (secondary N) is 1. The molecule has 1 rings (SSSR count). The molecule has 13 heavy (non-hydrogen) atoms. The third-order valence-corrected chi connectivity index (χ3v) is 1.63. The van der Waals surface area contributed by atoms with Crippen molar-refractivity contribution >= 4 is 5.91 Å². The average molecular weight is 183 g/mol. The first-order valence-electron chi connectivity index (χ1n) is 4.25. The summed E-state index contributed by atoms with van der Waals surface area (Å²) >= 11 is 0. The molecule has 0 fully saturated rings. The van der Waals surface area contributed by atoms with Gasteiger partial charge in [0.05, 0.1) is 6.61 Å². The van der Waals surface area contributed by atoms with Gasteiger partial charge < -0.3 is 14.8 Å². The number of amides is 1. The molecule has 4 heteroatoms. The molecule has 0 spiro atoms. The summed E-state index contributed by atoms with van der Waals surface area (Å²) in [4.78, 5) is 11.2. The molecule has 1 aromatic heterocycles. The van der Waals surface area contributed by atoms with E-state index in [0.717, 1.165) is 12.2 Å². The minimum atomic E-state index is -0.284. The van der Waals surface area contributed by atoms with E-state index in [-0.39, 0.29) is 19.1 Å². The number of carbonyl (C=O) groups excluding carboxylic acids is 1. The van der Waals surface area contributed by atoms with Crippen molar-refractivity contribution in [2.24, 2.45) is 0 Å². The molecule has 2 N–H and O–H groups in total. The molecule has 0 aromatic carbocycles. The van der Waals surface area contributed by atoms with Crippen molar-refractivity contribution in [2.75, 3.05) is 13.2 Å². The molecular weight excluding hydrogens is 170 g/mol.